The van der Waals surface area contributed by atoms with Crippen LogP contribution in [0.4, 0.5) is 35.0 Å². The van der Waals surface area contributed by atoms with Gasteiger partial charge in [-0.05, 0) is 51.1 Å². The Bertz CT molecular complexity index is 1390. The molecule has 0 radical (unpaired) electrons. The van der Waals surface area contributed by atoms with Crippen molar-refractivity contribution in [2.24, 2.45) is 0 Å². The molecule has 202 valence electrons. The molecular formula is C25H25ClF3N5O4. The maximum absolute atomic E-state index is 14.2. The van der Waals surface area contributed by atoms with E-state index in [9.17, 15) is 27.9 Å². The van der Waals surface area contributed by atoms with E-state index >= 15 is 0 Å². The average Bonchev–Trinajstić information content (AvgIpc) is 2.82. The van der Waals surface area contributed by atoms with Gasteiger partial charge in [0.25, 0.3) is 0 Å². The number of nitrogens with one attached hydrogen (secondary N) is 1. The number of halogens is 4. The average molecular weight is 552 g/mol. The summed E-state index contributed by atoms with van der Waals surface area (Å²) >= 11 is 5.98. The second-order valence-corrected chi connectivity index (χ2v) is 10.1. The van der Waals surface area contributed by atoms with Gasteiger partial charge in [0.15, 0.2) is 0 Å². The molecule has 1 aromatic carbocycles. The van der Waals surface area contributed by atoms with Crippen molar-refractivity contribution in [3.63, 3.8) is 0 Å². The molecule has 0 aliphatic carbocycles. The highest BCUT2D eigenvalue weighted by molar-refractivity contribution is 6.30. The van der Waals surface area contributed by atoms with Gasteiger partial charge in [-0.1, -0.05) is 11.6 Å². The number of rotatable bonds is 4. The van der Waals surface area contributed by atoms with Crippen molar-refractivity contribution >= 4 is 51.8 Å². The molecule has 1 saturated heterocycles. The summed E-state index contributed by atoms with van der Waals surface area (Å²) in [5, 5.41) is 12.5. The van der Waals surface area contributed by atoms with Crippen LogP contribution >= 0.6 is 11.6 Å². The third kappa shape index (κ3) is 6.01. The van der Waals surface area contributed by atoms with E-state index in [0.717, 1.165) is 12.3 Å². The van der Waals surface area contributed by atoms with Crippen LogP contribution in [0.15, 0.2) is 36.5 Å². The Kier molecular flexibility index (Phi) is 7.29. The van der Waals surface area contributed by atoms with Crippen molar-refractivity contribution in [3.05, 3.63) is 52.8 Å². The summed E-state index contributed by atoms with van der Waals surface area (Å²) in [4.78, 5) is 35.3. The number of fused-ring (bicyclic) bond motifs is 1. The first-order valence-corrected chi connectivity index (χ1v) is 12.0. The van der Waals surface area contributed by atoms with E-state index in [1.165, 1.54) is 29.2 Å². The van der Waals surface area contributed by atoms with Crippen LogP contribution < -0.4 is 10.2 Å². The van der Waals surface area contributed by atoms with Gasteiger partial charge >= 0.3 is 18.2 Å². The molecular weight excluding hydrogens is 527 g/mol. The molecule has 0 unspecified atom stereocenters. The zero-order chi connectivity index (χ0) is 27.8. The molecule has 0 bridgehead atoms. The number of hydrogen-bond donors (Lipinski definition) is 2. The van der Waals surface area contributed by atoms with Gasteiger partial charge in [0.05, 0.1) is 16.8 Å². The summed E-state index contributed by atoms with van der Waals surface area (Å²) in [7, 11) is 0. The Balaban J connectivity index is 1.64. The number of piperazine rings is 1. The highest BCUT2D eigenvalue weighted by Gasteiger charge is 2.36. The zero-order valence-corrected chi connectivity index (χ0v) is 21.5. The van der Waals surface area contributed by atoms with Crippen molar-refractivity contribution in [1.82, 2.24) is 14.9 Å². The number of pyridine rings is 2. The highest BCUT2D eigenvalue weighted by atomic mass is 35.5. The molecule has 1 aliphatic heterocycles. The lowest BCUT2D eigenvalue weighted by atomic mass is 10.1. The molecule has 1 amide bonds. The first kappa shape index (κ1) is 27.2. The number of ether oxygens (including phenoxy) is 1. The van der Waals surface area contributed by atoms with E-state index in [1.54, 1.807) is 25.7 Å². The van der Waals surface area contributed by atoms with E-state index in [4.69, 9.17) is 16.3 Å². The molecule has 2 N–H and O–H groups in total. The topological polar surface area (TPSA) is 108 Å². The minimum atomic E-state index is -4.70. The molecule has 0 atom stereocenters. The molecule has 0 spiro atoms. The molecule has 4 rings (SSSR count). The summed E-state index contributed by atoms with van der Waals surface area (Å²) in [5.74, 6) is -1.33. The minimum Gasteiger partial charge on any atom is -0.478 e. The number of amides is 1. The molecule has 2 aromatic heterocycles. The zero-order valence-electron chi connectivity index (χ0n) is 20.8. The standard InChI is InChI=1S/C25H25ClF3N5O4/c1-24(2,3)38-23(37)34-10-8-33(9-11-34)18-6-4-14(12-16(18)25(27,28)29)31-20-15(22(35)36)13-30-17-5-7-19(26)32-21(17)20/h4-7,12-13H,8-11H2,1-3H3,(H,30,31)(H,35,36). The van der Waals surface area contributed by atoms with E-state index in [1.807, 2.05) is 0 Å². The summed E-state index contributed by atoms with van der Waals surface area (Å²) in [6, 6.07) is 6.66. The van der Waals surface area contributed by atoms with Crippen LogP contribution in [-0.4, -0.2) is 63.8 Å². The molecule has 13 heteroatoms. The van der Waals surface area contributed by atoms with Gasteiger partial charge in [-0.3, -0.25) is 4.98 Å². The van der Waals surface area contributed by atoms with Crippen LogP contribution in [0.2, 0.25) is 5.15 Å². The smallest absolute Gasteiger partial charge is 0.418 e. The van der Waals surface area contributed by atoms with Crippen molar-refractivity contribution in [1.29, 1.82) is 0 Å². The lowest BCUT2D eigenvalue weighted by Crippen LogP contribution is -2.50. The number of hydrogen-bond acceptors (Lipinski definition) is 7. The molecule has 1 fully saturated rings. The Morgan fingerprint density at radius 2 is 1.76 bits per heavy atom. The van der Waals surface area contributed by atoms with E-state index in [2.05, 4.69) is 15.3 Å². The number of alkyl halides is 3. The third-order valence-electron chi connectivity index (χ3n) is 5.75. The molecule has 1 aliphatic rings. The van der Waals surface area contributed by atoms with Crippen LogP contribution in [0, 0.1) is 0 Å². The number of anilines is 3. The number of nitrogens with zero attached hydrogens (tertiary/aromatic N) is 4. The first-order valence-electron chi connectivity index (χ1n) is 11.6. The number of aromatic carboxylic acids is 1. The fraction of sp³-hybridized carbons (Fsp3) is 0.360. The third-order valence-corrected chi connectivity index (χ3v) is 5.96. The van der Waals surface area contributed by atoms with Crippen molar-refractivity contribution in [2.45, 2.75) is 32.5 Å². The van der Waals surface area contributed by atoms with Gasteiger partial charge in [0, 0.05) is 43.8 Å². The van der Waals surface area contributed by atoms with E-state index in [-0.39, 0.29) is 59.5 Å². The highest BCUT2D eigenvalue weighted by Crippen LogP contribution is 2.40. The van der Waals surface area contributed by atoms with Gasteiger partial charge in [-0.15, -0.1) is 0 Å². The minimum absolute atomic E-state index is 0.00485. The SMILES string of the molecule is CC(C)(C)OC(=O)N1CCN(c2ccc(Nc3c(C(=O)O)cnc4ccc(Cl)nc34)cc2C(F)(F)F)CC1. The van der Waals surface area contributed by atoms with Crippen LogP contribution in [0.5, 0.6) is 0 Å². The van der Waals surface area contributed by atoms with Crippen molar-refractivity contribution < 1.29 is 32.6 Å². The summed E-state index contributed by atoms with van der Waals surface area (Å²) in [6.45, 7) is 5.97. The van der Waals surface area contributed by atoms with Crippen LogP contribution in [0.25, 0.3) is 11.0 Å². The number of carbonyl (C=O) groups excluding carboxylic acids is 1. The van der Waals surface area contributed by atoms with Crippen molar-refractivity contribution in [2.75, 3.05) is 36.4 Å². The van der Waals surface area contributed by atoms with E-state index < -0.39 is 29.4 Å². The van der Waals surface area contributed by atoms with Crippen LogP contribution in [-0.2, 0) is 10.9 Å². The Labute approximate surface area is 221 Å². The fourth-order valence-corrected chi connectivity index (χ4v) is 4.20. The number of carboxylic acid groups (broad SMARTS) is 1. The number of benzene rings is 1. The molecule has 3 heterocycles. The maximum Gasteiger partial charge on any atom is 0.418 e. The first-order chi connectivity index (χ1) is 17.7. The lowest BCUT2D eigenvalue weighted by molar-refractivity contribution is -0.137. The molecule has 3 aromatic rings. The predicted molar refractivity (Wildman–Crippen MR) is 136 cm³/mol. The second-order valence-electron chi connectivity index (χ2n) is 9.66. The summed E-state index contributed by atoms with van der Waals surface area (Å²) in [6.07, 6.45) is -4.11. The fourth-order valence-electron chi connectivity index (χ4n) is 4.05. The Hall–Kier alpha value is -3.80. The van der Waals surface area contributed by atoms with Crippen LogP contribution in [0.1, 0.15) is 36.7 Å². The van der Waals surface area contributed by atoms with Gasteiger partial charge < -0.3 is 25.0 Å². The van der Waals surface area contributed by atoms with Gasteiger partial charge in [-0.25, -0.2) is 14.6 Å². The molecule has 0 saturated carbocycles. The quantitative estimate of drug-likeness (QED) is 0.392. The van der Waals surface area contributed by atoms with Gasteiger partial charge in [-0.2, -0.15) is 13.2 Å². The Morgan fingerprint density at radius 1 is 1.08 bits per heavy atom. The van der Waals surface area contributed by atoms with Gasteiger partial charge in [0.2, 0.25) is 0 Å². The van der Waals surface area contributed by atoms with Gasteiger partial charge in [0.1, 0.15) is 21.8 Å². The summed E-state index contributed by atoms with van der Waals surface area (Å²) < 4.78 is 47.8. The van der Waals surface area contributed by atoms with E-state index in [0.29, 0.717) is 5.52 Å². The number of carbonyl (C=O) groups is 2. The number of carboxylic acids is 1. The Morgan fingerprint density at radius 3 is 2.37 bits per heavy atom. The predicted octanol–water partition coefficient (Wildman–Crippen LogP) is 5.80. The molecule has 38 heavy (non-hydrogen) atoms. The maximum atomic E-state index is 14.2. The van der Waals surface area contributed by atoms with Crippen LogP contribution in [0.3, 0.4) is 0 Å². The van der Waals surface area contributed by atoms with Crippen molar-refractivity contribution in [3.8, 4) is 0 Å². The number of aromatic nitrogens is 2. The monoisotopic (exact) mass is 551 g/mol. The lowest BCUT2D eigenvalue weighted by Gasteiger charge is -2.37. The molecule has 9 nitrogen and oxygen atoms in total. The normalized spacial score (nSPS) is 14.5. The second kappa shape index (κ2) is 10.2. The largest absolute Gasteiger partial charge is 0.478 e. The summed E-state index contributed by atoms with van der Waals surface area (Å²) in [5.41, 5.74) is -1.52.